The second kappa shape index (κ2) is 13.2. The first-order valence-corrected chi connectivity index (χ1v) is 14.8. The van der Waals surface area contributed by atoms with Crippen LogP contribution in [0, 0.1) is 25.5 Å². The van der Waals surface area contributed by atoms with Gasteiger partial charge in [-0.3, -0.25) is 18.8 Å². The normalized spacial score (nSPS) is 15.3. The minimum Gasteiger partial charge on any atom is -0.455 e. The summed E-state index contributed by atoms with van der Waals surface area (Å²) in [6.45, 7) is 2.46. The highest BCUT2D eigenvalue weighted by Crippen LogP contribution is 2.34. The molecule has 4 aromatic rings. The fraction of sp³-hybridized carbons (Fsp3) is 0.375. The van der Waals surface area contributed by atoms with E-state index in [1.807, 2.05) is 0 Å². The van der Waals surface area contributed by atoms with Crippen LogP contribution >= 0.6 is 0 Å². The first-order chi connectivity index (χ1) is 22.4. The summed E-state index contributed by atoms with van der Waals surface area (Å²) in [5.41, 5.74) is 3.08. The molecule has 0 spiro atoms. The Kier molecular flexibility index (Phi) is 9.61. The Morgan fingerprint density at radius 3 is 2.15 bits per heavy atom. The van der Waals surface area contributed by atoms with Crippen molar-refractivity contribution in [1.29, 1.82) is 0 Å². The summed E-state index contributed by atoms with van der Waals surface area (Å²) in [6, 6.07) is 7.35. The molecule has 0 unspecified atom stereocenters. The summed E-state index contributed by atoms with van der Waals surface area (Å²) in [5.74, 6) is -2.86. The summed E-state index contributed by atoms with van der Waals surface area (Å²) < 4.78 is 116. The number of aryl methyl sites for hydroxylation is 1. The third kappa shape index (κ3) is 7.33. The van der Waals surface area contributed by atoms with Crippen molar-refractivity contribution in [2.45, 2.75) is 51.9 Å². The van der Waals surface area contributed by atoms with Crippen molar-refractivity contribution in [2.24, 2.45) is 5.73 Å². The molecule has 258 valence electrons. The number of hydrogen-bond acceptors (Lipinski definition) is 6. The lowest BCUT2D eigenvalue weighted by Crippen LogP contribution is -2.51. The molecule has 1 fully saturated rings. The van der Waals surface area contributed by atoms with E-state index >= 15 is 0 Å². The lowest BCUT2D eigenvalue weighted by molar-refractivity contribution is -0.153. The molecule has 2 aromatic carbocycles. The second-order valence-corrected chi connectivity index (χ2v) is 11.7. The van der Waals surface area contributed by atoms with Crippen molar-refractivity contribution in [1.82, 2.24) is 14.0 Å². The molecule has 1 saturated heterocycles. The number of anilines is 1. The Bertz CT molecular complexity index is 1900. The van der Waals surface area contributed by atoms with E-state index in [2.05, 4.69) is 0 Å². The van der Waals surface area contributed by atoms with Crippen molar-refractivity contribution >= 4 is 5.69 Å². The Morgan fingerprint density at radius 2 is 1.54 bits per heavy atom. The van der Waals surface area contributed by atoms with Gasteiger partial charge in [0.2, 0.25) is 5.76 Å². The van der Waals surface area contributed by atoms with Crippen LogP contribution in [0.3, 0.4) is 0 Å². The van der Waals surface area contributed by atoms with Gasteiger partial charge in [-0.1, -0.05) is 12.1 Å². The number of benzene rings is 2. The van der Waals surface area contributed by atoms with Crippen LogP contribution in [0.1, 0.15) is 45.5 Å². The monoisotopic (exact) mass is 685 g/mol. The molecule has 5 rings (SSSR count). The van der Waals surface area contributed by atoms with Gasteiger partial charge in [0, 0.05) is 43.5 Å². The van der Waals surface area contributed by atoms with E-state index in [-0.39, 0.29) is 55.4 Å². The fourth-order valence-electron chi connectivity index (χ4n) is 5.89. The van der Waals surface area contributed by atoms with Gasteiger partial charge in [0.05, 0.1) is 25.2 Å². The Labute approximate surface area is 268 Å². The van der Waals surface area contributed by atoms with E-state index in [1.165, 1.54) is 19.1 Å². The van der Waals surface area contributed by atoms with Crippen molar-refractivity contribution in [3.63, 3.8) is 0 Å². The molecule has 8 nitrogen and oxygen atoms in total. The van der Waals surface area contributed by atoms with Gasteiger partial charge in [-0.25, -0.2) is 13.6 Å². The van der Waals surface area contributed by atoms with Crippen molar-refractivity contribution < 1.29 is 39.5 Å². The molecular formula is C32H31F8N5O3. The maximum absolute atomic E-state index is 14.9. The van der Waals surface area contributed by atoms with E-state index in [1.54, 1.807) is 22.8 Å². The molecule has 1 aliphatic rings. The lowest BCUT2D eigenvalue weighted by atomic mass is 10.0. The highest BCUT2D eigenvalue weighted by atomic mass is 19.4. The SMILES string of the molecule is Cc1cc(F)cc([C@@H](N)Cn2c(=O)c(N3CCN(Cc4ccc(C(F)(F)F)o4)CC3)c(C)n(Cc3c(F)cccc3C(F)(F)F)c2=O)c1. The van der Waals surface area contributed by atoms with E-state index in [9.17, 15) is 44.7 Å². The molecule has 0 saturated carbocycles. The highest BCUT2D eigenvalue weighted by molar-refractivity contribution is 5.50. The Hall–Kier alpha value is -4.44. The second-order valence-electron chi connectivity index (χ2n) is 11.7. The van der Waals surface area contributed by atoms with Gasteiger partial charge in [-0.2, -0.15) is 26.3 Å². The van der Waals surface area contributed by atoms with Gasteiger partial charge in [0.15, 0.2) is 0 Å². The van der Waals surface area contributed by atoms with Crippen LogP contribution in [0.5, 0.6) is 0 Å². The predicted molar refractivity (Wildman–Crippen MR) is 159 cm³/mol. The number of nitrogens with two attached hydrogens (primary N) is 1. The number of rotatable bonds is 8. The van der Waals surface area contributed by atoms with Gasteiger partial charge in [0.25, 0.3) is 5.56 Å². The fourth-order valence-corrected chi connectivity index (χ4v) is 5.89. The van der Waals surface area contributed by atoms with Crippen LogP contribution < -0.4 is 21.9 Å². The van der Waals surface area contributed by atoms with Gasteiger partial charge in [-0.15, -0.1) is 0 Å². The van der Waals surface area contributed by atoms with E-state index in [0.717, 1.165) is 33.4 Å². The largest absolute Gasteiger partial charge is 0.455 e. The van der Waals surface area contributed by atoms with Crippen LogP contribution in [0.25, 0.3) is 0 Å². The van der Waals surface area contributed by atoms with Crippen molar-refractivity contribution in [3.8, 4) is 0 Å². The number of nitrogens with zero attached hydrogens (tertiary/aromatic N) is 4. The van der Waals surface area contributed by atoms with Crippen LogP contribution in [-0.2, 0) is 32.0 Å². The summed E-state index contributed by atoms with van der Waals surface area (Å²) in [7, 11) is 0. The number of alkyl halides is 6. The van der Waals surface area contributed by atoms with E-state index in [0.29, 0.717) is 11.6 Å². The number of aromatic nitrogens is 2. The molecule has 1 atom stereocenters. The minimum atomic E-state index is -4.95. The minimum absolute atomic E-state index is 0.0258. The smallest absolute Gasteiger partial charge is 0.449 e. The topological polar surface area (TPSA) is 89.6 Å². The molecule has 0 aliphatic carbocycles. The van der Waals surface area contributed by atoms with E-state index < -0.39 is 71.3 Å². The van der Waals surface area contributed by atoms with E-state index in [4.69, 9.17) is 10.2 Å². The van der Waals surface area contributed by atoms with Crippen LogP contribution in [0.4, 0.5) is 40.8 Å². The zero-order valence-corrected chi connectivity index (χ0v) is 25.8. The van der Waals surface area contributed by atoms with Gasteiger partial charge < -0.3 is 15.1 Å². The molecule has 16 heteroatoms. The zero-order valence-electron chi connectivity index (χ0n) is 25.8. The number of hydrogen-bond donors (Lipinski definition) is 1. The Morgan fingerprint density at radius 1 is 0.854 bits per heavy atom. The molecule has 3 heterocycles. The maximum Gasteiger partial charge on any atom is 0.449 e. The van der Waals surface area contributed by atoms with Crippen LogP contribution in [0.2, 0.25) is 0 Å². The average molecular weight is 686 g/mol. The molecule has 2 N–H and O–H groups in total. The standard InChI is InChI=1S/C32H31F8N5O3/c1-18-12-20(14-21(33)13-18)26(41)17-45-29(46)28(43-10-8-42(9-11-43)15-22-6-7-27(48-22)32(38,39)40)19(2)44(30(45)47)16-23-24(31(35,36)37)4-3-5-25(23)34/h3-7,12-14,26H,8-11,15-17,41H2,1-2H3/t26-/m0/s1. The summed E-state index contributed by atoms with van der Waals surface area (Å²) in [4.78, 5) is 31.2. The molecule has 2 aromatic heterocycles. The number of piperazine rings is 1. The first-order valence-electron chi connectivity index (χ1n) is 14.8. The van der Waals surface area contributed by atoms with Gasteiger partial charge in [0.1, 0.15) is 23.1 Å². The van der Waals surface area contributed by atoms with Gasteiger partial charge >= 0.3 is 18.0 Å². The summed E-state index contributed by atoms with van der Waals surface area (Å²) in [5, 5.41) is 0. The number of halogens is 8. The molecule has 48 heavy (non-hydrogen) atoms. The lowest BCUT2D eigenvalue weighted by Gasteiger charge is -2.36. The number of furan rings is 1. The molecule has 0 radical (unpaired) electrons. The average Bonchev–Trinajstić information content (AvgIpc) is 3.47. The summed E-state index contributed by atoms with van der Waals surface area (Å²) >= 11 is 0. The molecular weight excluding hydrogens is 654 g/mol. The zero-order chi connectivity index (χ0) is 35.1. The van der Waals surface area contributed by atoms with Crippen LogP contribution in [-0.4, -0.2) is 40.2 Å². The quantitative estimate of drug-likeness (QED) is 0.243. The molecule has 0 bridgehead atoms. The third-order valence-corrected chi connectivity index (χ3v) is 8.28. The Balaban J connectivity index is 1.52. The molecule has 0 amide bonds. The maximum atomic E-state index is 14.9. The van der Waals surface area contributed by atoms with Crippen molar-refractivity contribution in [3.05, 3.63) is 120 Å². The van der Waals surface area contributed by atoms with Crippen molar-refractivity contribution in [2.75, 3.05) is 31.1 Å². The van der Waals surface area contributed by atoms with Gasteiger partial charge in [-0.05, 0) is 61.4 Å². The third-order valence-electron chi connectivity index (χ3n) is 8.28. The summed E-state index contributed by atoms with van der Waals surface area (Å²) in [6.07, 6.45) is -9.59. The predicted octanol–water partition coefficient (Wildman–Crippen LogP) is 5.61. The molecule has 1 aliphatic heterocycles. The van der Waals surface area contributed by atoms with Crippen LogP contribution in [0.15, 0.2) is 62.5 Å². The highest BCUT2D eigenvalue weighted by Gasteiger charge is 2.36. The first kappa shape index (κ1) is 34.9.